The number of hydrogen-bond donors (Lipinski definition) is 2. The van der Waals surface area contributed by atoms with Crippen LogP contribution in [0.25, 0.3) is 0 Å². The van der Waals surface area contributed by atoms with Gasteiger partial charge < -0.3 is 15.5 Å². The lowest BCUT2D eigenvalue weighted by Gasteiger charge is -2.27. The molecule has 1 amide bonds. The minimum Gasteiger partial charge on any atom is -0.375 e. The number of amides is 1. The molecule has 0 aromatic heterocycles. The van der Waals surface area contributed by atoms with Gasteiger partial charge in [0, 0.05) is 30.7 Å². The van der Waals surface area contributed by atoms with Crippen LogP contribution in [0.1, 0.15) is 5.56 Å². The number of piperazine rings is 1. The topological polar surface area (TPSA) is 68.2 Å². The Kier molecular flexibility index (Phi) is 4.77. The fourth-order valence-electron chi connectivity index (χ4n) is 1.96. The average molecular weight is 323 g/mol. The summed E-state index contributed by atoms with van der Waals surface area (Å²) in [5.74, 6) is 0.0605. The highest BCUT2D eigenvalue weighted by molar-refractivity contribution is 9.10. The molecule has 5 nitrogen and oxygen atoms in total. The first-order chi connectivity index (χ1) is 9.20. The second-order valence-electron chi connectivity index (χ2n) is 4.29. The van der Waals surface area contributed by atoms with Gasteiger partial charge in [0.1, 0.15) is 6.07 Å². The molecule has 0 aliphatic carbocycles. The summed E-state index contributed by atoms with van der Waals surface area (Å²) in [6, 6.07) is 7.45. The molecule has 0 bridgehead atoms. The van der Waals surface area contributed by atoms with Crippen molar-refractivity contribution in [1.29, 1.82) is 5.26 Å². The van der Waals surface area contributed by atoms with E-state index in [1.807, 2.05) is 17.0 Å². The van der Waals surface area contributed by atoms with E-state index < -0.39 is 0 Å². The summed E-state index contributed by atoms with van der Waals surface area (Å²) in [6.45, 7) is 3.37. The van der Waals surface area contributed by atoms with Crippen molar-refractivity contribution in [3.8, 4) is 6.07 Å². The average Bonchev–Trinajstić information content (AvgIpc) is 2.46. The highest BCUT2D eigenvalue weighted by atomic mass is 79.9. The summed E-state index contributed by atoms with van der Waals surface area (Å²) in [6.07, 6.45) is 0. The molecule has 6 heteroatoms. The summed E-state index contributed by atoms with van der Waals surface area (Å²) in [5, 5.41) is 15.3. The first-order valence-corrected chi connectivity index (χ1v) is 6.92. The summed E-state index contributed by atoms with van der Waals surface area (Å²) >= 11 is 3.36. The third kappa shape index (κ3) is 3.69. The van der Waals surface area contributed by atoms with E-state index in [1.165, 1.54) is 0 Å². The zero-order valence-corrected chi connectivity index (χ0v) is 12.0. The van der Waals surface area contributed by atoms with Crippen LogP contribution >= 0.6 is 15.9 Å². The van der Waals surface area contributed by atoms with E-state index in [0.717, 1.165) is 30.7 Å². The van der Waals surface area contributed by atoms with Gasteiger partial charge in [-0.15, -0.1) is 0 Å². The lowest BCUT2D eigenvalue weighted by atomic mass is 10.2. The number of rotatable bonds is 3. The van der Waals surface area contributed by atoms with E-state index in [4.69, 9.17) is 5.26 Å². The smallest absolute Gasteiger partial charge is 0.241 e. The van der Waals surface area contributed by atoms with Crippen molar-refractivity contribution in [2.24, 2.45) is 0 Å². The lowest BCUT2D eigenvalue weighted by Crippen LogP contribution is -2.48. The van der Waals surface area contributed by atoms with Crippen LogP contribution in [0, 0.1) is 11.3 Å². The Morgan fingerprint density at radius 1 is 1.47 bits per heavy atom. The number of nitriles is 1. The first-order valence-electron chi connectivity index (χ1n) is 6.13. The number of carbonyl (C=O) groups excluding carboxylic acids is 1. The highest BCUT2D eigenvalue weighted by Gasteiger charge is 2.16. The number of benzene rings is 1. The van der Waals surface area contributed by atoms with Crippen LogP contribution in [-0.4, -0.2) is 43.5 Å². The Hall–Kier alpha value is -1.58. The van der Waals surface area contributed by atoms with Crippen LogP contribution in [0.5, 0.6) is 0 Å². The Morgan fingerprint density at radius 2 is 2.21 bits per heavy atom. The molecule has 1 aromatic carbocycles. The number of nitrogens with zero attached hydrogens (tertiary/aromatic N) is 2. The van der Waals surface area contributed by atoms with Crippen molar-refractivity contribution in [1.82, 2.24) is 10.2 Å². The van der Waals surface area contributed by atoms with Gasteiger partial charge in [0.15, 0.2) is 0 Å². The van der Waals surface area contributed by atoms with E-state index in [-0.39, 0.29) is 12.5 Å². The molecule has 0 unspecified atom stereocenters. The van der Waals surface area contributed by atoms with Crippen LogP contribution in [0.4, 0.5) is 5.69 Å². The molecule has 19 heavy (non-hydrogen) atoms. The summed E-state index contributed by atoms with van der Waals surface area (Å²) in [4.78, 5) is 13.8. The van der Waals surface area contributed by atoms with Crippen LogP contribution in [-0.2, 0) is 4.79 Å². The fourth-order valence-corrected chi connectivity index (χ4v) is 2.32. The molecule has 2 rings (SSSR count). The molecule has 1 aromatic rings. The largest absolute Gasteiger partial charge is 0.375 e. The molecule has 1 fully saturated rings. The van der Waals surface area contributed by atoms with E-state index in [0.29, 0.717) is 11.3 Å². The van der Waals surface area contributed by atoms with E-state index >= 15 is 0 Å². The van der Waals surface area contributed by atoms with Gasteiger partial charge in [0.25, 0.3) is 0 Å². The van der Waals surface area contributed by atoms with Crippen molar-refractivity contribution < 1.29 is 4.79 Å². The molecule has 2 N–H and O–H groups in total. The lowest BCUT2D eigenvalue weighted by molar-refractivity contribution is -0.129. The van der Waals surface area contributed by atoms with Crippen molar-refractivity contribution >= 4 is 27.5 Å². The predicted octanol–water partition coefficient (Wildman–Crippen LogP) is 1.16. The zero-order valence-electron chi connectivity index (χ0n) is 10.4. The zero-order chi connectivity index (χ0) is 13.7. The van der Waals surface area contributed by atoms with Gasteiger partial charge in [-0.3, -0.25) is 4.79 Å². The van der Waals surface area contributed by atoms with E-state index in [2.05, 4.69) is 32.6 Å². The molecular weight excluding hydrogens is 308 g/mol. The normalized spacial score (nSPS) is 14.8. The van der Waals surface area contributed by atoms with Gasteiger partial charge in [-0.1, -0.05) is 15.9 Å². The van der Waals surface area contributed by atoms with E-state index in [1.54, 1.807) is 6.07 Å². The SMILES string of the molecule is N#Cc1ccc(Br)cc1NCC(=O)N1CCNCC1. The quantitative estimate of drug-likeness (QED) is 0.876. The Balaban J connectivity index is 1.96. The van der Waals surface area contributed by atoms with Gasteiger partial charge in [0.05, 0.1) is 17.8 Å². The fraction of sp³-hybridized carbons (Fsp3) is 0.385. The van der Waals surface area contributed by atoms with Crippen molar-refractivity contribution in [3.63, 3.8) is 0 Å². The van der Waals surface area contributed by atoms with Gasteiger partial charge >= 0.3 is 0 Å². The maximum absolute atomic E-state index is 12.0. The number of hydrogen-bond acceptors (Lipinski definition) is 4. The molecule has 0 spiro atoms. The number of carbonyl (C=O) groups is 1. The molecule has 1 saturated heterocycles. The first kappa shape index (κ1) is 13.8. The molecule has 1 heterocycles. The predicted molar refractivity (Wildman–Crippen MR) is 76.8 cm³/mol. The van der Waals surface area contributed by atoms with Crippen LogP contribution in [0.2, 0.25) is 0 Å². The van der Waals surface area contributed by atoms with Crippen molar-refractivity contribution in [2.45, 2.75) is 0 Å². The van der Waals surface area contributed by atoms with Crippen LogP contribution in [0.3, 0.4) is 0 Å². The molecule has 1 aliphatic heterocycles. The standard InChI is InChI=1S/C13H15BrN4O/c14-11-2-1-10(8-15)12(7-11)17-9-13(19)18-5-3-16-4-6-18/h1-2,7,16-17H,3-6,9H2. The van der Waals surface area contributed by atoms with Gasteiger partial charge in [-0.05, 0) is 18.2 Å². The van der Waals surface area contributed by atoms with Gasteiger partial charge in [-0.2, -0.15) is 5.26 Å². The Labute approximate surface area is 120 Å². The molecule has 0 radical (unpaired) electrons. The van der Waals surface area contributed by atoms with E-state index in [9.17, 15) is 4.79 Å². The minimum absolute atomic E-state index is 0.0605. The maximum Gasteiger partial charge on any atom is 0.241 e. The minimum atomic E-state index is 0.0605. The van der Waals surface area contributed by atoms with Gasteiger partial charge in [0.2, 0.25) is 5.91 Å². The summed E-state index contributed by atoms with van der Waals surface area (Å²) < 4.78 is 0.878. The third-order valence-corrected chi connectivity index (χ3v) is 3.50. The maximum atomic E-state index is 12.0. The Morgan fingerprint density at radius 3 is 2.89 bits per heavy atom. The molecule has 1 aliphatic rings. The third-order valence-electron chi connectivity index (χ3n) is 3.00. The molecular formula is C13H15BrN4O. The monoisotopic (exact) mass is 322 g/mol. The number of halogens is 1. The Bertz CT molecular complexity index is 506. The summed E-state index contributed by atoms with van der Waals surface area (Å²) in [5.41, 5.74) is 1.22. The van der Waals surface area contributed by atoms with Crippen LogP contribution in [0.15, 0.2) is 22.7 Å². The second-order valence-corrected chi connectivity index (χ2v) is 5.20. The molecule has 100 valence electrons. The highest BCUT2D eigenvalue weighted by Crippen LogP contribution is 2.20. The number of nitrogens with one attached hydrogen (secondary N) is 2. The van der Waals surface area contributed by atoms with Crippen molar-refractivity contribution in [3.05, 3.63) is 28.2 Å². The summed E-state index contributed by atoms with van der Waals surface area (Å²) in [7, 11) is 0. The van der Waals surface area contributed by atoms with Gasteiger partial charge in [-0.25, -0.2) is 0 Å². The second kappa shape index (κ2) is 6.55. The molecule has 0 atom stereocenters. The molecule has 0 saturated carbocycles. The number of anilines is 1. The van der Waals surface area contributed by atoms with Crippen LogP contribution < -0.4 is 10.6 Å². The van der Waals surface area contributed by atoms with Crippen molar-refractivity contribution in [2.75, 3.05) is 38.0 Å².